The predicted molar refractivity (Wildman–Crippen MR) is 82.5 cm³/mol. The Morgan fingerprint density at radius 3 is 2.23 bits per heavy atom. The number of hydrogen-bond donors (Lipinski definition) is 0. The molecule has 1 saturated heterocycles. The molecule has 4 saturated carbocycles. The summed E-state index contributed by atoms with van der Waals surface area (Å²) in [4.78, 5) is 11.6. The van der Waals surface area contributed by atoms with E-state index in [-0.39, 0.29) is 5.60 Å². The third-order valence-corrected chi connectivity index (χ3v) is 6.72. The number of rotatable bonds is 2. The van der Waals surface area contributed by atoms with Crippen molar-refractivity contribution in [2.45, 2.75) is 43.5 Å². The van der Waals surface area contributed by atoms with E-state index in [4.69, 9.17) is 22.4 Å². The van der Waals surface area contributed by atoms with Gasteiger partial charge in [-0.2, -0.15) is 4.89 Å². The highest BCUT2D eigenvalue weighted by atomic mass is 17.3. The first-order chi connectivity index (χ1) is 10.7. The van der Waals surface area contributed by atoms with Crippen molar-refractivity contribution < 1.29 is 14.5 Å². The van der Waals surface area contributed by atoms with Crippen molar-refractivity contribution >= 4 is 13.3 Å². The molecule has 22 heavy (non-hydrogen) atoms. The van der Waals surface area contributed by atoms with Crippen molar-refractivity contribution in [1.29, 1.82) is 0 Å². The van der Waals surface area contributed by atoms with E-state index in [0.29, 0.717) is 11.8 Å². The topological polar surface area (TPSA) is 27.7 Å². The minimum atomic E-state index is -0.787. The third-order valence-electron chi connectivity index (χ3n) is 6.72. The summed E-state index contributed by atoms with van der Waals surface area (Å²) in [7, 11) is 7.73. The summed E-state index contributed by atoms with van der Waals surface area (Å²) in [5, 5.41) is 0. The Labute approximate surface area is 132 Å². The molecule has 4 heteroatoms. The molecule has 1 aromatic carbocycles. The Kier molecular flexibility index (Phi) is 2.70. The highest BCUT2D eigenvalue weighted by molar-refractivity contribution is 6.32. The number of methoxy groups -OCH3 is 1. The molecule has 2 radical (unpaired) electrons. The number of benzene rings is 1. The van der Waals surface area contributed by atoms with Crippen molar-refractivity contribution in [3.05, 3.63) is 29.8 Å². The van der Waals surface area contributed by atoms with Gasteiger partial charge in [0.25, 0.3) is 5.79 Å². The molecule has 1 atom stereocenters. The molecule has 1 unspecified atom stereocenters. The second-order valence-electron chi connectivity index (χ2n) is 7.71. The minimum absolute atomic E-state index is 0.317. The lowest BCUT2D eigenvalue weighted by Crippen LogP contribution is -2.76. The molecule has 4 aliphatic carbocycles. The zero-order valence-corrected chi connectivity index (χ0v) is 13.0. The Bertz CT molecular complexity index is 584. The molecule has 114 valence electrons. The van der Waals surface area contributed by atoms with Crippen LogP contribution in [0.2, 0.25) is 0 Å². The van der Waals surface area contributed by atoms with Crippen LogP contribution in [0.15, 0.2) is 24.3 Å². The van der Waals surface area contributed by atoms with Gasteiger partial charge in [-0.25, -0.2) is 4.89 Å². The van der Waals surface area contributed by atoms with E-state index in [1.807, 2.05) is 18.2 Å². The average molecular weight is 296 g/mol. The van der Waals surface area contributed by atoms with Gasteiger partial charge in [-0.1, -0.05) is 29.7 Å². The molecule has 1 spiro atoms. The van der Waals surface area contributed by atoms with E-state index in [1.165, 1.54) is 32.1 Å². The van der Waals surface area contributed by atoms with Gasteiger partial charge in [0.05, 0.1) is 0 Å². The summed E-state index contributed by atoms with van der Waals surface area (Å²) < 4.78 is 5.99. The lowest BCUT2D eigenvalue weighted by Gasteiger charge is -2.68. The van der Waals surface area contributed by atoms with Crippen LogP contribution in [0.4, 0.5) is 0 Å². The smallest absolute Gasteiger partial charge is 0.260 e. The molecular weight excluding hydrogens is 275 g/mol. The lowest BCUT2D eigenvalue weighted by molar-refractivity contribution is -0.645. The van der Waals surface area contributed by atoms with Gasteiger partial charge in [0.2, 0.25) is 0 Å². The lowest BCUT2D eigenvalue weighted by atomic mass is 9.47. The van der Waals surface area contributed by atoms with Gasteiger partial charge in [-0.15, -0.1) is 0 Å². The first-order valence-corrected chi connectivity index (χ1v) is 8.46. The van der Waals surface area contributed by atoms with Gasteiger partial charge in [0, 0.05) is 12.7 Å². The second-order valence-corrected chi connectivity index (χ2v) is 7.71. The van der Waals surface area contributed by atoms with E-state index >= 15 is 0 Å². The number of hydrogen-bond acceptors (Lipinski definition) is 3. The highest BCUT2D eigenvalue weighted by Crippen LogP contribution is 2.69. The SMILES string of the molecule is [B]c1cccc(C2(OC)OOC23C2CC4CC(C2)CC3C4)c1. The number of ether oxygens (including phenoxy) is 1. The maximum Gasteiger partial charge on any atom is 0.260 e. The Hall–Kier alpha value is -0.835. The van der Waals surface area contributed by atoms with Crippen molar-refractivity contribution in [2.24, 2.45) is 23.7 Å². The van der Waals surface area contributed by atoms with E-state index in [1.54, 1.807) is 7.11 Å². The Morgan fingerprint density at radius 2 is 1.73 bits per heavy atom. The minimum Gasteiger partial charge on any atom is -0.345 e. The van der Waals surface area contributed by atoms with E-state index in [0.717, 1.165) is 22.9 Å². The summed E-state index contributed by atoms with van der Waals surface area (Å²) in [5.41, 5.74) is 1.42. The largest absolute Gasteiger partial charge is 0.345 e. The summed E-state index contributed by atoms with van der Waals surface area (Å²) in [5.74, 6) is 2.06. The van der Waals surface area contributed by atoms with Crippen molar-refractivity contribution in [1.82, 2.24) is 0 Å². The maximum atomic E-state index is 6.00. The monoisotopic (exact) mass is 296 g/mol. The van der Waals surface area contributed by atoms with Gasteiger partial charge in [-0.3, -0.25) is 0 Å². The molecular formula is C18H21BO3. The summed E-state index contributed by atoms with van der Waals surface area (Å²) >= 11 is 0. The molecule has 5 fully saturated rings. The summed E-state index contributed by atoms with van der Waals surface area (Å²) in [6.07, 6.45) is 6.43. The average Bonchev–Trinajstić information content (AvgIpc) is 2.46. The van der Waals surface area contributed by atoms with Crippen molar-refractivity contribution in [3.8, 4) is 0 Å². The molecule has 3 nitrogen and oxygen atoms in total. The molecule has 1 aromatic rings. The second kappa shape index (κ2) is 4.37. The van der Waals surface area contributed by atoms with Crippen LogP contribution in [-0.2, 0) is 20.3 Å². The fourth-order valence-corrected chi connectivity index (χ4v) is 6.10. The Balaban J connectivity index is 1.62. The maximum absolute atomic E-state index is 6.00. The molecule has 1 heterocycles. The Morgan fingerprint density at radius 1 is 1.05 bits per heavy atom. The zero-order valence-electron chi connectivity index (χ0n) is 13.0. The fraction of sp³-hybridized carbons (Fsp3) is 0.667. The van der Waals surface area contributed by atoms with E-state index < -0.39 is 5.79 Å². The molecule has 0 amide bonds. The normalized spacial score (nSPS) is 48.6. The van der Waals surface area contributed by atoms with Crippen LogP contribution in [0.5, 0.6) is 0 Å². The van der Waals surface area contributed by atoms with E-state index in [2.05, 4.69) is 6.07 Å². The van der Waals surface area contributed by atoms with Crippen LogP contribution in [0.25, 0.3) is 0 Å². The standard InChI is InChI=1S/C18H21BO3/c1-20-18(13-3-2-4-16(19)10-13)17(21-22-18)14-6-11-5-12(8-14)9-15(17)7-11/h2-4,10-12,14-15H,5-9H2,1H3. The van der Waals surface area contributed by atoms with Gasteiger partial charge in [-0.05, 0) is 55.8 Å². The predicted octanol–water partition coefficient (Wildman–Crippen LogP) is 2.44. The van der Waals surface area contributed by atoms with Crippen LogP contribution in [0.3, 0.4) is 0 Å². The van der Waals surface area contributed by atoms with Crippen LogP contribution in [0.1, 0.15) is 37.7 Å². The van der Waals surface area contributed by atoms with Crippen LogP contribution in [0, 0.1) is 23.7 Å². The molecule has 4 bridgehead atoms. The van der Waals surface area contributed by atoms with Gasteiger partial charge in [0.15, 0.2) is 5.60 Å². The van der Waals surface area contributed by atoms with Gasteiger partial charge in [0.1, 0.15) is 7.85 Å². The van der Waals surface area contributed by atoms with E-state index in [9.17, 15) is 0 Å². The van der Waals surface area contributed by atoms with Crippen molar-refractivity contribution in [3.63, 3.8) is 0 Å². The zero-order chi connectivity index (χ0) is 14.9. The fourth-order valence-electron chi connectivity index (χ4n) is 6.10. The quantitative estimate of drug-likeness (QED) is 0.620. The summed E-state index contributed by atoms with van der Waals surface area (Å²) in [6, 6.07) is 7.89. The van der Waals surface area contributed by atoms with Gasteiger partial charge >= 0.3 is 0 Å². The first-order valence-electron chi connectivity index (χ1n) is 8.46. The third kappa shape index (κ3) is 1.44. The van der Waals surface area contributed by atoms with Gasteiger partial charge < -0.3 is 4.74 Å². The van der Waals surface area contributed by atoms with Crippen LogP contribution >= 0.6 is 0 Å². The summed E-state index contributed by atoms with van der Waals surface area (Å²) in [6.45, 7) is 0. The molecule has 0 N–H and O–H groups in total. The first kappa shape index (κ1) is 13.6. The van der Waals surface area contributed by atoms with Crippen LogP contribution in [-0.4, -0.2) is 20.6 Å². The molecule has 5 aliphatic rings. The molecule has 6 rings (SSSR count). The molecule has 1 aliphatic heterocycles. The van der Waals surface area contributed by atoms with Crippen LogP contribution < -0.4 is 5.46 Å². The molecule has 0 aromatic heterocycles. The van der Waals surface area contributed by atoms with Crippen molar-refractivity contribution in [2.75, 3.05) is 7.11 Å². The highest BCUT2D eigenvalue weighted by Gasteiger charge is 2.76.